The van der Waals surface area contributed by atoms with Gasteiger partial charge in [-0.2, -0.15) is 0 Å². The Morgan fingerprint density at radius 1 is 1.25 bits per heavy atom. The number of carbonyl (C=O) groups is 1. The molecule has 1 N–H and O–H groups in total. The van der Waals surface area contributed by atoms with Gasteiger partial charge < -0.3 is 10.1 Å². The number of nitrogens with one attached hydrogen (secondary N) is 1. The van der Waals surface area contributed by atoms with Crippen LogP contribution >= 0.6 is 11.8 Å². The van der Waals surface area contributed by atoms with Crippen LogP contribution in [0.15, 0.2) is 47.4 Å². The molecule has 0 aliphatic heterocycles. The third-order valence-electron chi connectivity index (χ3n) is 3.36. The molecule has 7 heteroatoms. The van der Waals surface area contributed by atoms with Gasteiger partial charge in [0.05, 0.1) is 29.0 Å². The van der Waals surface area contributed by atoms with E-state index in [9.17, 15) is 14.9 Å². The van der Waals surface area contributed by atoms with Gasteiger partial charge in [0.25, 0.3) is 5.69 Å². The number of non-ortho nitro benzene ring substituents is 1. The van der Waals surface area contributed by atoms with Gasteiger partial charge in [-0.05, 0) is 32.0 Å². The van der Waals surface area contributed by atoms with Crippen molar-refractivity contribution in [2.75, 3.05) is 12.4 Å². The van der Waals surface area contributed by atoms with Gasteiger partial charge in [0.2, 0.25) is 5.91 Å². The van der Waals surface area contributed by atoms with Crippen LogP contribution in [0, 0.1) is 17.0 Å². The molecular formula is C17H18N2O4S. The summed E-state index contributed by atoms with van der Waals surface area (Å²) in [5.74, 6) is 0.0535. The van der Waals surface area contributed by atoms with Crippen molar-refractivity contribution in [3.8, 4) is 5.75 Å². The number of hydrogen-bond acceptors (Lipinski definition) is 5. The van der Waals surface area contributed by atoms with Crippen LogP contribution < -0.4 is 10.1 Å². The number of anilines is 1. The SMILES string of the molecule is COc1cc([N+](=O)[O-])ccc1NC(=O)[C@@H](C)Sc1ccc(C)cc1. The number of nitro groups is 1. The zero-order valence-electron chi connectivity index (χ0n) is 13.6. The molecular weight excluding hydrogens is 328 g/mol. The van der Waals surface area contributed by atoms with Crippen molar-refractivity contribution in [3.05, 3.63) is 58.1 Å². The normalized spacial score (nSPS) is 11.6. The third kappa shape index (κ3) is 4.48. The number of nitro benzene ring substituents is 1. The van der Waals surface area contributed by atoms with E-state index in [0.29, 0.717) is 5.69 Å². The number of nitrogens with zero attached hydrogens (tertiary/aromatic N) is 1. The van der Waals surface area contributed by atoms with Crippen molar-refractivity contribution in [1.82, 2.24) is 0 Å². The highest BCUT2D eigenvalue weighted by atomic mass is 32.2. The fraction of sp³-hybridized carbons (Fsp3) is 0.235. The second kappa shape index (κ2) is 7.83. The minimum Gasteiger partial charge on any atom is -0.494 e. The van der Waals surface area contributed by atoms with Gasteiger partial charge in [0, 0.05) is 11.0 Å². The molecule has 1 atom stereocenters. The van der Waals surface area contributed by atoms with Crippen LogP contribution in [0.5, 0.6) is 5.75 Å². The van der Waals surface area contributed by atoms with Crippen molar-refractivity contribution in [2.24, 2.45) is 0 Å². The largest absolute Gasteiger partial charge is 0.494 e. The lowest BCUT2D eigenvalue weighted by Crippen LogP contribution is -2.22. The topological polar surface area (TPSA) is 81.5 Å². The first kappa shape index (κ1) is 17.8. The minimum absolute atomic E-state index is 0.0908. The van der Waals surface area contributed by atoms with E-state index in [1.54, 1.807) is 6.92 Å². The van der Waals surface area contributed by atoms with Gasteiger partial charge in [-0.15, -0.1) is 11.8 Å². The lowest BCUT2D eigenvalue weighted by molar-refractivity contribution is -0.384. The molecule has 0 radical (unpaired) electrons. The fourth-order valence-electron chi connectivity index (χ4n) is 2.01. The van der Waals surface area contributed by atoms with Gasteiger partial charge in [0.15, 0.2) is 0 Å². The van der Waals surface area contributed by atoms with Crippen LogP contribution in [0.4, 0.5) is 11.4 Å². The van der Waals surface area contributed by atoms with Gasteiger partial charge in [-0.25, -0.2) is 0 Å². The third-order valence-corrected chi connectivity index (χ3v) is 4.47. The van der Waals surface area contributed by atoms with Crippen LogP contribution in [0.25, 0.3) is 0 Å². The summed E-state index contributed by atoms with van der Waals surface area (Å²) in [6, 6.07) is 12.0. The Balaban J connectivity index is 2.08. The molecule has 0 aliphatic carbocycles. The molecule has 0 spiro atoms. The van der Waals surface area contributed by atoms with E-state index in [0.717, 1.165) is 10.5 Å². The molecule has 6 nitrogen and oxygen atoms in total. The maximum atomic E-state index is 12.3. The van der Waals surface area contributed by atoms with Crippen molar-refractivity contribution in [3.63, 3.8) is 0 Å². The predicted octanol–water partition coefficient (Wildman–Crippen LogP) is 4.03. The molecule has 1 amide bonds. The predicted molar refractivity (Wildman–Crippen MR) is 94.8 cm³/mol. The Hall–Kier alpha value is -2.54. The average molecular weight is 346 g/mol. The summed E-state index contributed by atoms with van der Waals surface area (Å²) in [4.78, 5) is 23.6. The molecule has 126 valence electrons. The van der Waals surface area contributed by atoms with Crippen LogP contribution in [-0.4, -0.2) is 23.2 Å². The Labute approximate surface area is 144 Å². The summed E-state index contributed by atoms with van der Waals surface area (Å²) in [7, 11) is 1.40. The second-order valence-electron chi connectivity index (χ2n) is 5.20. The van der Waals surface area contributed by atoms with Crippen LogP contribution in [0.1, 0.15) is 12.5 Å². The lowest BCUT2D eigenvalue weighted by atomic mass is 10.2. The van der Waals surface area contributed by atoms with Gasteiger partial charge in [-0.1, -0.05) is 17.7 Å². The number of methoxy groups -OCH3 is 1. The van der Waals surface area contributed by atoms with Crippen molar-refractivity contribution in [2.45, 2.75) is 24.0 Å². The quantitative estimate of drug-likeness (QED) is 0.485. The first-order chi connectivity index (χ1) is 11.4. The molecule has 0 aromatic heterocycles. The van der Waals surface area contributed by atoms with Crippen LogP contribution in [0.2, 0.25) is 0 Å². The molecule has 0 heterocycles. The highest BCUT2D eigenvalue weighted by Gasteiger charge is 2.18. The highest BCUT2D eigenvalue weighted by Crippen LogP contribution is 2.30. The smallest absolute Gasteiger partial charge is 0.273 e. The maximum Gasteiger partial charge on any atom is 0.273 e. The van der Waals surface area contributed by atoms with Gasteiger partial charge >= 0.3 is 0 Å². The minimum atomic E-state index is -0.510. The van der Waals surface area contributed by atoms with Crippen molar-refractivity contribution >= 4 is 29.0 Å². The Kier molecular flexibility index (Phi) is 5.81. The zero-order chi connectivity index (χ0) is 17.7. The number of rotatable bonds is 6. The highest BCUT2D eigenvalue weighted by molar-refractivity contribution is 8.00. The number of aryl methyl sites for hydroxylation is 1. The molecule has 2 aromatic rings. The summed E-state index contributed by atoms with van der Waals surface area (Å²) in [5, 5.41) is 13.2. The summed E-state index contributed by atoms with van der Waals surface area (Å²) < 4.78 is 5.12. The molecule has 0 saturated heterocycles. The van der Waals surface area contributed by atoms with Gasteiger partial charge in [-0.3, -0.25) is 14.9 Å². The van der Waals surface area contributed by atoms with Crippen LogP contribution in [-0.2, 0) is 4.79 Å². The number of carbonyl (C=O) groups excluding carboxylic acids is 1. The summed E-state index contributed by atoms with van der Waals surface area (Å²) in [6.07, 6.45) is 0. The second-order valence-corrected chi connectivity index (χ2v) is 6.62. The lowest BCUT2D eigenvalue weighted by Gasteiger charge is -2.14. The van der Waals surface area contributed by atoms with E-state index in [1.165, 1.54) is 37.1 Å². The Morgan fingerprint density at radius 3 is 2.50 bits per heavy atom. The fourth-order valence-corrected chi connectivity index (χ4v) is 2.87. The summed E-state index contributed by atoms with van der Waals surface area (Å²) in [6.45, 7) is 3.81. The molecule has 2 rings (SSSR count). The molecule has 2 aromatic carbocycles. The number of ether oxygens (including phenoxy) is 1. The Morgan fingerprint density at radius 2 is 1.92 bits per heavy atom. The van der Waals surface area contributed by atoms with E-state index in [1.807, 2.05) is 31.2 Å². The van der Waals surface area contributed by atoms with Crippen molar-refractivity contribution < 1.29 is 14.5 Å². The molecule has 0 saturated carbocycles. The summed E-state index contributed by atoms with van der Waals surface area (Å²) in [5.41, 5.74) is 1.48. The van der Waals surface area contributed by atoms with Gasteiger partial charge in [0.1, 0.15) is 5.75 Å². The molecule has 0 aliphatic rings. The van der Waals surface area contributed by atoms with E-state index >= 15 is 0 Å². The maximum absolute atomic E-state index is 12.3. The van der Waals surface area contributed by atoms with E-state index < -0.39 is 4.92 Å². The summed E-state index contributed by atoms with van der Waals surface area (Å²) >= 11 is 1.44. The molecule has 0 unspecified atom stereocenters. The average Bonchev–Trinajstić information content (AvgIpc) is 2.56. The standard InChI is InChI=1S/C17H18N2O4S/c1-11-4-7-14(8-5-11)24-12(2)17(20)18-15-9-6-13(19(21)22)10-16(15)23-3/h4-10,12H,1-3H3,(H,18,20)/t12-/m1/s1. The van der Waals surface area contributed by atoms with E-state index in [2.05, 4.69) is 5.32 Å². The number of hydrogen-bond donors (Lipinski definition) is 1. The van der Waals surface area contributed by atoms with E-state index in [4.69, 9.17) is 4.74 Å². The number of thioether (sulfide) groups is 1. The molecule has 24 heavy (non-hydrogen) atoms. The van der Waals surface area contributed by atoms with E-state index in [-0.39, 0.29) is 22.6 Å². The molecule has 0 bridgehead atoms. The van der Waals surface area contributed by atoms with Crippen LogP contribution in [0.3, 0.4) is 0 Å². The zero-order valence-corrected chi connectivity index (χ0v) is 14.4. The number of benzene rings is 2. The molecule has 0 fully saturated rings. The Bertz CT molecular complexity index is 747. The van der Waals surface area contributed by atoms with Crippen molar-refractivity contribution in [1.29, 1.82) is 0 Å². The number of amides is 1. The first-order valence-electron chi connectivity index (χ1n) is 7.27. The first-order valence-corrected chi connectivity index (χ1v) is 8.15. The monoisotopic (exact) mass is 346 g/mol.